The first kappa shape index (κ1) is 15.5. The molecular weight excluding hydrogens is 364 g/mol. The number of alkyl halides is 1. The van der Waals surface area contributed by atoms with Crippen LogP contribution in [0.1, 0.15) is 15.3 Å². The van der Waals surface area contributed by atoms with Crippen LogP contribution in [0, 0.1) is 0 Å². The summed E-state index contributed by atoms with van der Waals surface area (Å²) in [5.41, 5.74) is 0.911. The molecule has 6 heteroatoms. The number of rotatable bonds is 5. The average molecular weight is 378 g/mol. The minimum Gasteiger partial charge on any atom is -0.496 e. The standard InChI is InChI=1S/C14H14BrClO3S/c1-17-8-6-9(18-2)13(10(7-8)19-3)14(15)11-4-5-12(16)20-11/h4-7,14H,1-3H3. The van der Waals surface area contributed by atoms with Crippen LogP contribution < -0.4 is 14.2 Å². The molecule has 0 spiro atoms. The molecule has 2 aromatic rings. The van der Waals surface area contributed by atoms with Crippen LogP contribution in [0.25, 0.3) is 0 Å². The second kappa shape index (κ2) is 6.70. The summed E-state index contributed by atoms with van der Waals surface area (Å²) in [6.45, 7) is 0. The Morgan fingerprint density at radius 1 is 1.05 bits per heavy atom. The average Bonchev–Trinajstić information content (AvgIpc) is 2.91. The Balaban J connectivity index is 2.53. The number of thiophene rings is 1. The molecule has 0 saturated carbocycles. The number of benzene rings is 1. The lowest BCUT2D eigenvalue weighted by molar-refractivity contribution is 0.370. The van der Waals surface area contributed by atoms with Crippen molar-refractivity contribution in [3.8, 4) is 17.2 Å². The van der Waals surface area contributed by atoms with E-state index in [0.717, 1.165) is 14.8 Å². The van der Waals surface area contributed by atoms with Crippen molar-refractivity contribution in [1.82, 2.24) is 0 Å². The minimum absolute atomic E-state index is 0.0594. The lowest BCUT2D eigenvalue weighted by Crippen LogP contribution is -2.00. The molecule has 0 fully saturated rings. The maximum Gasteiger partial charge on any atom is 0.130 e. The van der Waals surface area contributed by atoms with E-state index in [-0.39, 0.29) is 4.83 Å². The van der Waals surface area contributed by atoms with Gasteiger partial charge in [-0.05, 0) is 12.1 Å². The molecule has 3 nitrogen and oxygen atoms in total. The van der Waals surface area contributed by atoms with Crippen molar-refractivity contribution in [3.63, 3.8) is 0 Å². The van der Waals surface area contributed by atoms with Crippen LogP contribution in [-0.2, 0) is 0 Å². The summed E-state index contributed by atoms with van der Waals surface area (Å²) in [6.07, 6.45) is 0. The summed E-state index contributed by atoms with van der Waals surface area (Å²) < 4.78 is 16.9. The molecule has 0 radical (unpaired) electrons. The largest absolute Gasteiger partial charge is 0.496 e. The first-order valence-electron chi connectivity index (χ1n) is 5.80. The SMILES string of the molecule is COc1cc(OC)c(C(Br)c2ccc(Cl)s2)c(OC)c1. The highest BCUT2D eigenvalue weighted by atomic mass is 79.9. The van der Waals surface area contributed by atoms with Gasteiger partial charge in [0, 0.05) is 17.0 Å². The first-order chi connectivity index (χ1) is 9.60. The van der Waals surface area contributed by atoms with E-state index in [0.29, 0.717) is 17.2 Å². The maximum atomic E-state index is 6.00. The number of halogens is 2. The predicted molar refractivity (Wildman–Crippen MR) is 86.2 cm³/mol. The van der Waals surface area contributed by atoms with Crippen molar-refractivity contribution in [1.29, 1.82) is 0 Å². The van der Waals surface area contributed by atoms with Gasteiger partial charge in [0.2, 0.25) is 0 Å². The summed E-state index contributed by atoms with van der Waals surface area (Å²) in [5.74, 6) is 2.09. The maximum absolute atomic E-state index is 6.00. The van der Waals surface area contributed by atoms with Gasteiger partial charge in [0.05, 0.1) is 36.1 Å². The van der Waals surface area contributed by atoms with Crippen LogP contribution in [-0.4, -0.2) is 21.3 Å². The number of methoxy groups -OCH3 is 3. The monoisotopic (exact) mass is 376 g/mol. The van der Waals surface area contributed by atoms with E-state index in [1.54, 1.807) is 21.3 Å². The third kappa shape index (κ3) is 3.05. The molecule has 0 aliphatic heterocycles. The van der Waals surface area contributed by atoms with Crippen molar-refractivity contribution in [2.45, 2.75) is 4.83 Å². The van der Waals surface area contributed by atoms with Crippen molar-refractivity contribution in [2.75, 3.05) is 21.3 Å². The van der Waals surface area contributed by atoms with Gasteiger partial charge in [-0.15, -0.1) is 11.3 Å². The molecule has 0 amide bonds. The Hall–Kier alpha value is -0.910. The van der Waals surface area contributed by atoms with Gasteiger partial charge in [0.15, 0.2) is 0 Å². The Bertz CT molecular complexity index is 575. The van der Waals surface area contributed by atoms with Gasteiger partial charge >= 0.3 is 0 Å². The zero-order valence-corrected chi connectivity index (χ0v) is 14.4. The molecule has 1 aromatic heterocycles. The first-order valence-corrected chi connectivity index (χ1v) is 7.91. The molecule has 0 N–H and O–H groups in total. The third-order valence-corrected chi connectivity index (χ3v) is 5.40. The Morgan fingerprint density at radius 2 is 1.65 bits per heavy atom. The fraction of sp³-hybridized carbons (Fsp3) is 0.286. The Labute approximate surface area is 135 Å². The quantitative estimate of drug-likeness (QED) is 0.693. The third-order valence-electron chi connectivity index (χ3n) is 2.85. The molecular formula is C14H14BrClO3S. The van der Waals surface area contributed by atoms with E-state index in [9.17, 15) is 0 Å². The zero-order valence-electron chi connectivity index (χ0n) is 11.3. The molecule has 108 valence electrons. The van der Waals surface area contributed by atoms with Gasteiger partial charge in [-0.25, -0.2) is 0 Å². The minimum atomic E-state index is -0.0594. The fourth-order valence-electron chi connectivity index (χ4n) is 1.89. The second-order valence-electron chi connectivity index (χ2n) is 3.95. The summed E-state index contributed by atoms with van der Waals surface area (Å²) in [4.78, 5) is 1.02. The second-order valence-corrected chi connectivity index (χ2v) is 6.61. The summed E-state index contributed by atoms with van der Waals surface area (Å²) in [6, 6.07) is 7.52. The molecule has 0 saturated heterocycles. The highest BCUT2D eigenvalue weighted by Crippen LogP contribution is 2.46. The number of ether oxygens (including phenoxy) is 3. The molecule has 1 unspecified atom stereocenters. The van der Waals surface area contributed by atoms with Crippen LogP contribution >= 0.6 is 38.9 Å². The van der Waals surface area contributed by atoms with Gasteiger partial charge in [0.25, 0.3) is 0 Å². The van der Waals surface area contributed by atoms with E-state index in [1.165, 1.54) is 11.3 Å². The smallest absolute Gasteiger partial charge is 0.130 e. The highest BCUT2D eigenvalue weighted by molar-refractivity contribution is 9.09. The molecule has 0 aliphatic carbocycles. The molecule has 1 atom stereocenters. The van der Waals surface area contributed by atoms with Crippen molar-refractivity contribution in [3.05, 3.63) is 39.0 Å². The van der Waals surface area contributed by atoms with Gasteiger partial charge in [-0.1, -0.05) is 27.5 Å². The van der Waals surface area contributed by atoms with Gasteiger partial charge in [-0.3, -0.25) is 0 Å². The van der Waals surface area contributed by atoms with Gasteiger partial charge in [-0.2, -0.15) is 0 Å². The van der Waals surface area contributed by atoms with Gasteiger partial charge < -0.3 is 14.2 Å². The lowest BCUT2D eigenvalue weighted by atomic mass is 10.1. The van der Waals surface area contributed by atoms with Crippen molar-refractivity contribution in [2.24, 2.45) is 0 Å². The van der Waals surface area contributed by atoms with E-state index in [2.05, 4.69) is 15.9 Å². The fourth-order valence-corrected chi connectivity index (χ4v) is 3.82. The lowest BCUT2D eigenvalue weighted by Gasteiger charge is -2.18. The van der Waals surface area contributed by atoms with Crippen LogP contribution in [0.5, 0.6) is 17.2 Å². The Kier molecular flexibility index (Phi) is 5.18. The van der Waals surface area contributed by atoms with Crippen LogP contribution in [0.15, 0.2) is 24.3 Å². The highest BCUT2D eigenvalue weighted by Gasteiger charge is 2.23. The summed E-state index contributed by atoms with van der Waals surface area (Å²) >= 11 is 11.2. The summed E-state index contributed by atoms with van der Waals surface area (Å²) in [5, 5.41) is 0. The number of hydrogen-bond donors (Lipinski definition) is 0. The van der Waals surface area contributed by atoms with E-state index in [1.807, 2.05) is 24.3 Å². The normalized spacial score (nSPS) is 12.1. The van der Waals surface area contributed by atoms with Crippen molar-refractivity contribution < 1.29 is 14.2 Å². The molecule has 2 rings (SSSR count). The van der Waals surface area contributed by atoms with E-state index >= 15 is 0 Å². The van der Waals surface area contributed by atoms with E-state index < -0.39 is 0 Å². The van der Waals surface area contributed by atoms with E-state index in [4.69, 9.17) is 25.8 Å². The molecule has 0 aliphatic rings. The zero-order chi connectivity index (χ0) is 14.7. The topological polar surface area (TPSA) is 27.7 Å². The van der Waals surface area contributed by atoms with Crippen LogP contribution in [0.3, 0.4) is 0 Å². The molecule has 0 bridgehead atoms. The molecule has 1 heterocycles. The van der Waals surface area contributed by atoms with Crippen molar-refractivity contribution >= 4 is 38.9 Å². The summed E-state index contributed by atoms with van der Waals surface area (Å²) in [7, 11) is 4.86. The van der Waals surface area contributed by atoms with Gasteiger partial charge in [0.1, 0.15) is 17.2 Å². The Morgan fingerprint density at radius 3 is 2.05 bits per heavy atom. The molecule has 20 heavy (non-hydrogen) atoms. The van der Waals surface area contributed by atoms with Crippen LogP contribution in [0.2, 0.25) is 4.34 Å². The number of hydrogen-bond acceptors (Lipinski definition) is 4. The molecule has 1 aromatic carbocycles. The predicted octanol–water partition coefficient (Wildman–Crippen LogP) is 4.91. The van der Waals surface area contributed by atoms with Crippen LogP contribution in [0.4, 0.5) is 0 Å².